The van der Waals surface area contributed by atoms with Crippen LogP contribution in [0.3, 0.4) is 0 Å². The van der Waals surface area contributed by atoms with E-state index in [1.54, 1.807) is 0 Å². The number of urea groups is 1. The van der Waals surface area contributed by atoms with Crippen molar-refractivity contribution in [2.24, 2.45) is 5.92 Å². The number of benzene rings is 1. The fourth-order valence-electron chi connectivity index (χ4n) is 3.38. The van der Waals surface area contributed by atoms with Gasteiger partial charge in [-0.25, -0.2) is 4.79 Å². The molecule has 0 aromatic heterocycles. The molecule has 2 N–H and O–H groups in total. The number of nitrogens with one attached hydrogen (secondary N) is 2. The van der Waals surface area contributed by atoms with Crippen molar-refractivity contribution >= 4 is 11.7 Å². The molecule has 2 amide bonds. The normalized spacial score (nSPS) is 15.2. The van der Waals surface area contributed by atoms with Crippen LogP contribution in [0.15, 0.2) is 18.2 Å². The predicted molar refractivity (Wildman–Crippen MR) is 114 cm³/mol. The Kier molecular flexibility index (Phi) is 9.97. The molecule has 6 heteroatoms. The zero-order valence-electron chi connectivity index (χ0n) is 17.8. The lowest BCUT2D eigenvalue weighted by Crippen LogP contribution is -2.40. The summed E-state index contributed by atoms with van der Waals surface area (Å²) in [5.74, 6) is 1.96. The maximum absolute atomic E-state index is 12.3. The smallest absolute Gasteiger partial charge is 0.319 e. The number of carbonyl (C=O) groups excluding carboxylic acids is 1. The van der Waals surface area contributed by atoms with Crippen LogP contribution in [0, 0.1) is 5.92 Å². The van der Waals surface area contributed by atoms with Gasteiger partial charge < -0.3 is 25.0 Å². The van der Waals surface area contributed by atoms with Crippen molar-refractivity contribution in [3.05, 3.63) is 18.2 Å². The first kappa shape index (κ1) is 22.3. The minimum atomic E-state index is -0.167. The van der Waals surface area contributed by atoms with Crippen LogP contribution in [0.2, 0.25) is 0 Å². The molecule has 1 saturated heterocycles. The van der Waals surface area contributed by atoms with Crippen LogP contribution >= 0.6 is 0 Å². The van der Waals surface area contributed by atoms with E-state index in [1.807, 2.05) is 18.2 Å². The van der Waals surface area contributed by atoms with E-state index in [0.29, 0.717) is 30.6 Å². The summed E-state index contributed by atoms with van der Waals surface area (Å²) in [7, 11) is 0. The third-order valence-corrected chi connectivity index (χ3v) is 4.92. The van der Waals surface area contributed by atoms with Crippen LogP contribution in [0.1, 0.15) is 52.9 Å². The fraction of sp³-hybridized carbons (Fsp3) is 0.682. The Morgan fingerprint density at radius 2 is 1.71 bits per heavy atom. The first-order valence-corrected chi connectivity index (χ1v) is 10.8. The number of nitrogens with zero attached hydrogens (tertiary/aromatic N) is 1. The molecule has 0 atom stereocenters. The molecule has 0 bridgehead atoms. The van der Waals surface area contributed by atoms with Crippen LogP contribution in [0.5, 0.6) is 11.5 Å². The Hall–Kier alpha value is -1.95. The molecule has 28 heavy (non-hydrogen) atoms. The SMILES string of the molecule is CCCOc1ccc(NC(=O)NCC2CCN(CCC)CC2)cc1OCCC. The number of hydrogen-bond donors (Lipinski definition) is 2. The maximum Gasteiger partial charge on any atom is 0.319 e. The number of piperidine rings is 1. The second kappa shape index (κ2) is 12.5. The van der Waals surface area contributed by atoms with Crippen molar-refractivity contribution < 1.29 is 14.3 Å². The topological polar surface area (TPSA) is 62.8 Å². The van der Waals surface area contributed by atoms with Gasteiger partial charge in [0.1, 0.15) is 0 Å². The monoisotopic (exact) mass is 391 g/mol. The van der Waals surface area contributed by atoms with Gasteiger partial charge in [-0.15, -0.1) is 0 Å². The van der Waals surface area contributed by atoms with Gasteiger partial charge in [-0.3, -0.25) is 0 Å². The fourth-order valence-corrected chi connectivity index (χ4v) is 3.38. The van der Waals surface area contributed by atoms with E-state index in [1.165, 1.54) is 13.0 Å². The maximum atomic E-state index is 12.3. The number of hydrogen-bond acceptors (Lipinski definition) is 4. The number of anilines is 1. The first-order chi connectivity index (χ1) is 13.7. The van der Waals surface area contributed by atoms with E-state index in [4.69, 9.17) is 9.47 Å². The molecular formula is C22H37N3O3. The molecular weight excluding hydrogens is 354 g/mol. The molecule has 0 saturated carbocycles. The first-order valence-electron chi connectivity index (χ1n) is 10.8. The van der Waals surface area contributed by atoms with Crippen molar-refractivity contribution in [1.82, 2.24) is 10.2 Å². The second-order valence-corrected chi connectivity index (χ2v) is 7.48. The lowest BCUT2D eigenvalue weighted by molar-refractivity contribution is 0.182. The zero-order valence-corrected chi connectivity index (χ0v) is 17.8. The van der Waals surface area contributed by atoms with E-state index >= 15 is 0 Å². The average Bonchev–Trinajstić information content (AvgIpc) is 2.71. The zero-order chi connectivity index (χ0) is 20.2. The number of carbonyl (C=O) groups is 1. The Labute approximate surface area is 170 Å². The van der Waals surface area contributed by atoms with Crippen LogP contribution in [0.4, 0.5) is 10.5 Å². The summed E-state index contributed by atoms with van der Waals surface area (Å²) in [6, 6.07) is 5.38. The highest BCUT2D eigenvalue weighted by Gasteiger charge is 2.19. The summed E-state index contributed by atoms with van der Waals surface area (Å²) in [6.07, 6.45) is 5.37. The van der Waals surface area contributed by atoms with Gasteiger partial charge in [-0.2, -0.15) is 0 Å². The average molecular weight is 392 g/mol. The molecule has 0 radical (unpaired) electrons. The highest BCUT2D eigenvalue weighted by molar-refractivity contribution is 5.89. The minimum absolute atomic E-state index is 0.167. The summed E-state index contributed by atoms with van der Waals surface area (Å²) in [6.45, 7) is 11.8. The Morgan fingerprint density at radius 3 is 2.36 bits per heavy atom. The van der Waals surface area contributed by atoms with Crippen molar-refractivity contribution in [2.75, 3.05) is 44.7 Å². The van der Waals surface area contributed by atoms with Crippen LogP contribution < -0.4 is 20.1 Å². The van der Waals surface area contributed by atoms with E-state index in [-0.39, 0.29) is 6.03 Å². The number of amides is 2. The lowest BCUT2D eigenvalue weighted by atomic mass is 9.97. The van der Waals surface area contributed by atoms with Crippen molar-refractivity contribution in [1.29, 1.82) is 0 Å². The van der Waals surface area contributed by atoms with Gasteiger partial charge in [0.25, 0.3) is 0 Å². The molecule has 0 unspecified atom stereocenters. The van der Waals surface area contributed by atoms with Crippen LogP contribution in [0.25, 0.3) is 0 Å². The van der Waals surface area contributed by atoms with Gasteiger partial charge >= 0.3 is 6.03 Å². The predicted octanol–water partition coefficient (Wildman–Crippen LogP) is 4.51. The van der Waals surface area contributed by atoms with Gasteiger partial charge in [0.2, 0.25) is 0 Å². The number of ether oxygens (including phenoxy) is 2. The third-order valence-electron chi connectivity index (χ3n) is 4.92. The Morgan fingerprint density at radius 1 is 1.04 bits per heavy atom. The van der Waals surface area contributed by atoms with Crippen molar-refractivity contribution in [3.63, 3.8) is 0 Å². The quantitative estimate of drug-likeness (QED) is 0.583. The van der Waals surface area contributed by atoms with Crippen LogP contribution in [-0.2, 0) is 0 Å². The molecule has 1 aromatic rings. The van der Waals surface area contributed by atoms with Crippen molar-refractivity contribution in [2.45, 2.75) is 52.9 Å². The summed E-state index contributed by atoms with van der Waals surface area (Å²) >= 11 is 0. The van der Waals surface area contributed by atoms with E-state index in [9.17, 15) is 4.79 Å². The molecule has 1 aliphatic heterocycles. The molecule has 158 valence electrons. The second-order valence-electron chi connectivity index (χ2n) is 7.48. The summed E-state index contributed by atoms with van der Waals surface area (Å²) in [4.78, 5) is 14.8. The van der Waals surface area contributed by atoms with Crippen LogP contribution in [-0.4, -0.2) is 50.3 Å². The van der Waals surface area contributed by atoms with Crippen molar-refractivity contribution in [3.8, 4) is 11.5 Å². The highest BCUT2D eigenvalue weighted by atomic mass is 16.5. The standard InChI is InChI=1S/C22H37N3O3/c1-4-11-25-12-9-18(10-13-25)17-23-22(26)24-19-7-8-20(27-14-5-2)21(16-19)28-15-6-3/h7-8,16,18H,4-6,9-15,17H2,1-3H3,(H2,23,24,26). The molecule has 1 heterocycles. The number of rotatable bonds is 11. The summed E-state index contributed by atoms with van der Waals surface area (Å²) in [5, 5.41) is 5.93. The summed E-state index contributed by atoms with van der Waals surface area (Å²) in [5.41, 5.74) is 0.713. The largest absolute Gasteiger partial charge is 0.490 e. The van der Waals surface area contributed by atoms with Gasteiger partial charge in [0, 0.05) is 18.3 Å². The third kappa shape index (κ3) is 7.58. The Balaban J connectivity index is 1.82. The lowest BCUT2D eigenvalue weighted by Gasteiger charge is -2.31. The van der Waals surface area contributed by atoms with Gasteiger partial charge in [-0.1, -0.05) is 20.8 Å². The molecule has 6 nitrogen and oxygen atoms in total. The van der Waals surface area contributed by atoms with E-state index < -0.39 is 0 Å². The van der Waals surface area contributed by atoms with Gasteiger partial charge in [0.15, 0.2) is 11.5 Å². The molecule has 1 fully saturated rings. The Bertz CT molecular complexity index is 586. The minimum Gasteiger partial charge on any atom is -0.490 e. The molecule has 1 aromatic carbocycles. The number of likely N-dealkylation sites (tertiary alicyclic amines) is 1. The van der Waals surface area contributed by atoms with E-state index in [2.05, 4.69) is 36.3 Å². The molecule has 0 aliphatic carbocycles. The molecule has 2 rings (SSSR count). The van der Waals surface area contributed by atoms with Gasteiger partial charge in [-0.05, 0) is 69.8 Å². The molecule has 1 aliphatic rings. The summed E-state index contributed by atoms with van der Waals surface area (Å²) < 4.78 is 11.5. The van der Waals surface area contributed by atoms with Gasteiger partial charge in [0.05, 0.1) is 13.2 Å². The van der Waals surface area contributed by atoms with E-state index in [0.717, 1.165) is 51.1 Å². The highest BCUT2D eigenvalue weighted by Crippen LogP contribution is 2.31. The molecule has 0 spiro atoms.